The van der Waals surface area contributed by atoms with Crippen LogP contribution >= 0.6 is 11.6 Å². The third kappa shape index (κ3) is 2.80. The summed E-state index contributed by atoms with van der Waals surface area (Å²) >= 11 is 5.58. The Hall–Kier alpha value is -0.940. The van der Waals surface area contributed by atoms with Crippen LogP contribution in [0.1, 0.15) is 12.8 Å². The molecule has 16 heavy (non-hydrogen) atoms. The standard InChI is InChI=1S/C10H13ClFN3O/c1-15-4-2-7(3-5-15)16-9-8(12)6-13-10(11)14-9/h6-7H,2-5H2,1H3. The summed E-state index contributed by atoms with van der Waals surface area (Å²) in [5, 5.41) is 0.00401. The van der Waals surface area contributed by atoms with E-state index in [2.05, 4.69) is 21.9 Å². The van der Waals surface area contributed by atoms with E-state index in [9.17, 15) is 4.39 Å². The van der Waals surface area contributed by atoms with Gasteiger partial charge in [-0.3, -0.25) is 0 Å². The highest BCUT2D eigenvalue weighted by molar-refractivity contribution is 6.28. The van der Waals surface area contributed by atoms with E-state index in [0.29, 0.717) is 0 Å². The van der Waals surface area contributed by atoms with E-state index in [1.165, 1.54) is 0 Å². The van der Waals surface area contributed by atoms with Gasteiger partial charge < -0.3 is 9.64 Å². The van der Waals surface area contributed by atoms with Crippen molar-refractivity contribution in [3.8, 4) is 5.88 Å². The molecule has 6 heteroatoms. The molecule has 0 saturated carbocycles. The number of halogens is 2. The third-order valence-electron chi connectivity index (χ3n) is 2.63. The zero-order valence-electron chi connectivity index (χ0n) is 8.99. The number of nitrogens with zero attached hydrogens (tertiary/aromatic N) is 3. The van der Waals surface area contributed by atoms with Crippen molar-refractivity contribution in [2.75, 3.05) is 20.1 Å². The van der Waals surface area contributed by atoms with Crippen LogP contribution in [-0.4, -0.2) is 41.1 Å². The van der Waals surface area contributed by atoms with Gasteiger partial charge >= 0.3 is 0 Å². The average molecular weight is 246 g/mol. The topological polar surface area (TPSA) is 38.2 Å². The van der Waals surface area contributed by atoms with Crippen LogP contribution in [0.4, 0.5) is 4.39 Å². The molecule has 2 rings (SSSR count). The van der Waals surface area contributed by atoms with Crippen LogP contribution in [-0.2, 0) is 0 Å². The van der Waals surface area contributed by atoms with Gasteiger partial charge in [-0.15, -0.1) is 0 Å². The lowest BCUT2D eigenvalue weighted by Crippen LogP contribution is -2.36. The summed E-state index contributed by atoms with van der Waals surface area (Å²) in [6.45, 7) is 1.90. The molecule has 0 aromatic carbocycles. The molecule has 0 atom stereocenters. The molecule has 1 aromatic heterocycles. The van der Waals surface area contributed by atoms with Gasteiger partial charge in [0.2, 0.25) is 11.1 Å². The fourth-order valence-corrected chi connectivity index (χ4v) is 1.80. The maximum Gasteiger partial charge on any atom is 0.255 e. The molecule has 1 saturated heterocycles. The zero-order valence-corrected chi connectivity index (χ0v) is 9.74. The fraction of sp³-hybridized carbons (Fsp3) is 0.600. The highest BCUT2D eigenvalue weighted by atomic mass is 35.5. The predicted octanol–water partition coefficient (Wildman–Crippen LogP) is 1.74. The molecule has 0 radical (unpaired) electrons. The second kappa shape index (κ2) is 4.93. The summed E-state index contributed by atoms with van der Waals surface area (Å²) in [5.74, 6) is -0.613. The molecule has 0 aliphatic carbocycles. The first-order valence-corrected chi connectivity index (χ1v) is 5.56. The van der Waals surface area contributed by atoms with Gasteiger partial charge in [-0.1, -0.05) is 0 Å². The number of piperidine rings is 1. The molecule has 0 N–H and O–H groups in total. The summed E-state index contributed by atoms with van der Waals surface area (Å²) in [5.41, 5.74) is 0. The van der Waals surface area contributed by atoms with Gasteiger partial charge in [0.05, 0.1) is 6.20 Å². The second-order valence-corrected chi connectivity index (χ2v) is 4.25. The van der Waals surface area contributed by atoms with Crippen LogP contribution in [0, 0.1) is 5.82 Å². The van der Waals surface area contributed by atoms with Gasteiger partial charge in [-0.05, 0) is 31.5 Å². The number of hydrogen-bond acceptors (Lipinski definition) is 4. The van der Waals surface area contributed by atoms with Gasteiger partial charge in [-0.25, -0.2) is 4.98 Å². The smallest absolute Gasteiger partial charge is 0.255 e. The van der Waals surface area contributed by atoms with Crippen molar-refractivity contribution in [2.45, 2.75) is 18.9 Å². The molecule has 88 valence electrons. The lowest BCUT2D eigenvalue weighted by Gasteiger charge is -2.28. The van der Waals surface area contributed by atoms with Crippen LogP contribution in [0.3, 0.4) is 0 Å². The van der Waals surface area contributed by atoms with Crippen LogP contribution in [0.15, 0.2) is 6.20 Å². The first-order chi connectivity index (χ1) is 7.65. The van der Waals surface area contributed by atoms with Crippen molar-refractivity contribution in [2.24, 2.45) is 0 Å². The van der Waals surface area contributed by atoms with Gasteiger partial charge in [-0.2, -0.15) is 9.37 Å². The Bertz CT molecular complexity index is 369. The molecule has 2 heterocycles. The highest BCUT2D eigenvalue weighted by Gasteiger charge is 2.20. The molecular formula is C10H13ClFN3O. The molecular weight excluding hydrogens is 233 g/mol. The highest BCUT2D eigenvalue weighted by Crippen LogP contribution is 2.20. The number of likely N-dealkylation sites (tertiary alicyclic amines) is 1. The van der Waals surface area contributed by atoms with Crippen LogP contribution in [0.2, 0.25) is 5.28 Å². The summed E-state index contributed by atoms with van der Waals surface area (Å²) in [7, 11) is 2.05. The van der Waals surface area contributed by atoms with E-state index in [-0.39, 0.29) is 17.3 Å². The van der Waals surface area contributed by atoms with Crippen LogP contribution in [0.5, 0.6) is 5.88 Å². The molecule has 1 fully saturated rings. The lowest BCUT2D eigenvalue weighted by atomic mass is 10.1. The van der Waals surface area contributed by atoms with Gasteiger partial charge in [0.1, 0.15) is 6.10 Å². The number of aromatic nitrogens is 2. The Morgan fingerprint density at radius 3 is 2.88 bits per heavy atom. The largest absolute Gasteiger partial charge is 0.472 e. The average Bonchev–Trinajstić information content (AvgIpc) is 2.27. The number of rotatable bonds is 2. The zero-order chi connectivity index (χ0) is 11.5. The maximum atomic E-state index is 13.3. The Morgan fingerprint density at radius 2 is 2.19 bits per heavy atom. The lowest BCUT2D eigenvalue weighted by molar-refractivity contribution is 0.105. The SMILES string of the molecule is CN1CCC(Oc2nc(Cl)ncc2F)CC1. The first-order valence-electron chi connectivity index (χ1n) is 5.18. The third-order valence-corrected chi connectivity index (χ3v) is 2.81. The monoisotopic (exact) mass is 245 g/mol. The minimum atomic E-state index is -0.566. The Balaban J connectivity index is 2.00. The molecule has 4 nitrogen and oxygen atoms in total. The molecule has 0 amide bonds. The maximum absolute atomic E-state index is 13.3. The van der Waals surface area contributed by atoms with E-state index >= 15 is 0 Å². The van der Waals surface area contributed by atoms with E-state index in [1.54, 1.807) is 0 Å². The molecule has 0 unspecified atom stereocenters. The van der Waals surface area contributed by atoms with Crippen molar-refractivity contribution >= 4 is 11.6 Å². The van der Waals surface area contributed by atoms with Crippen LogP contribution < -0.4 is 4.74 Å². The summed E-state index contributed by atoms with van der Waals surface area (Å²) < 4.78 is 18.8. The van der Waals surface area contributed by atoms with Crippen molar-refractivity contribution in [1.82, 2.24) is 14.9 Å². The van der Waals surface area contributed by atoms with Crippen molar-refractivity contribution in [3.05, 3.63) is 17.3 Å². The first kappa shape index (κ1) is 11.5. The molecule has 1 aliphatic heterocycles. The Morgan fingerprint density at radius 1 is 1.50 bits per heavy atom. The number of hydrogen-bond donors (Lipinski definition) is 0. The van der Waals surface area contributed by atoms with Crippen molar-refractivity contribution in [3.63, 3.8) is 0 Å². The Kier molecular flexibility index (Phi) is 3.56. The molecule has 1 aliphatic rings. The summed E-state index contributed by atoms with van der Waals surface area (Å²) in [4.78, 5) is 9.48. The second-order valence-electron chi connectivity index (χ2n) is 3.91. The van der Waals surface area contributed by atoms with Crippen molar-refractivity contribution < 1.29 is 9.13 Å². The molecule has 0 spiro atoms. The quantitative estimate of drug-likeness (QED) is 0.744. The predicted molar refractivity (Wildman–Crippen MR) is 58.1 cm³/mol. The van der Waals surface area contributed by atoms with Crippen molar-refractivity contribution in [1.29, 1.82) is 0 Å². The van der Waals surface area contributed by atoms with Gasteiger partial charge in [0.15, 0.2) is 0 Å². The molecule has 0 bridgehead atoms. The van der Waals surface area contributed by atoms with E-state index in [4.69, 9.17) is 16.3 Å². The minimum absolute atomic E-state index is 0.00401. The van der Waals surface area contributed by atoms with E-state index in [0.717, 1.165) is 32.1 Å². The van der Waals surface area contributed by atoms with Gasteiger partial charge in [0, 0.05) is 13.1 Å². The Labute approximate surface area is 98.4 Å². The normalized spacial score (nSPS) is 18.7. The van der Waals surface area contributed by atoms with Gasteiger partial charge in [0.25, 0.3) is 5.88 Å². The molecule has 1 aromatic rings. The minimum Gasteiger partial charge on any atom is -0.472 e. The fourth-order valence-electron chi connectivity index (χ4n) is 1.67. The summed E-state index contributed by atoms with van der Waals surface area (Å²) in [6.07, 6.45) is 2.78. The summed E-state index contributed by atoms with van der Waals surface area (Å²) in [6, 6.07) is 0. The van der Waals surface area contributed by atoms with Crippen LogP contribution in [0.25, 0.3) is 0 Å². The van der Waals surface area contributed by atoms with E-state index in [1.807, 2.05) is 0 Å². The number of ether oxygens (including phenoxy) is 1. The van der Waals surface area contributed by atoms with E-state index < -0.39 is 5.82 Å².